The molecule has 0 aromatic heterocycles. The molecule has 0 bridgehead atoms. The highest BCUT2D eigenvalue weighted by molar-refractivity contribution is 6.53. The number of epoxide rings is 1. The third-order valence-corrected chi connectivity index (χ3v) is 7.86. The number of nitrogens with one attached hydrogen (secondary N) is 2. The number of carbonyl (C=O) groups is 1. The van der Waals surface area contributed by atoms with Gasteiger partial charge in [-0.2, -0.15) is 13.2 Å². The first-order valence-corrected chi connectivity index (χ1v) is 12.4. The molecule has 5 nitrogen and oxygen atoms in total. The van der Waals surface area contributed by atoms with E-state index in [0.717, 1.165) is 24.3 Å². The van der Waals surface area contributed by atoms with Crippen LogP contribution in [0.3, 0.4) is 0 Å². The van der Waals surface area contributed by atoms with Gasteiger partial charge < -0.3 is 21.1 Å². The Hall–Kier alpha value is -2.93. The second-order valence-electron chi connectivity index (χ2n) is 9.16. The summed E-state index contributed by atoms with van der Waals surface area (Å²) in [5.41, 5.74) is 2.78. The lowest BCUT2D eigenvalue weighted by atomic mass is 10.0. The molecule has 212 valence electrons. The molecule has 2 unspecified atom stereocenters. The summed E-state index contributed by atoms with van der Waals surface area (Å²) in [5, 5.41) is 4.46. The number of hydrogen-bond acceptors (Lipinski definition) is 4. The number of rotatable bonds is 6. The molecule has 1 saturated carbocycles. The van der Waals surface area contributed by atoms with E-state index in [1.165, 1.54) is 6.07 Å². The summed E-state index contributed by atoms with van der Waals surface area (Å²) in [6.45, 7) is 0. The topological polar surface area (TPSA) is 79.7 Å². The van der Waals surface area contributed by atoms with Gasteiger partial charge in [-0.05, 0) is 42.0 Å². The fourth-order valence-electron chi connectivity index (χ4n) is 4.43. The Balaban J connectivity index is 1.34. The monoisotopic (exact) mass is 627 g/mol. The molecular weight excluding hydrogens is 614 g/mol. The number of amides is 1. The summed E-state index contributed by atoms with van der Waals surface area (Å²) in [6, 6.07) is 6.23. The first-order chi connectivity index (χ1) is 18.6. The van der Waals surface area contributed by atoms with Crippen LogP contribution >= 0.6 is 34.8 Å². The summed E-state index contributed by atoms with van der Waals surface area (Å²) in [7, 11) is 0. The Morgan fingerprint density at radius 2 is 1.65 bits per heavy atom. The number of anilines is 3. The molecule has 0 spiro atoms. The van der Waals surface area contributed by atoms with Gasteiger partial charge in [0.2, 0.25) is 5.91 Å². The van der Waals surface area contributed by atoms with E-state index < -0.39 is 75.1 Å². The molecule has 4 N–H and O–H groups in total. The number of hydrogen-bond donors (Lipinski definition) is 3. The van der Waals surface area contributed by atoms with Gasteiger partial charge in [0.15, 0.2) is 12.0 Å². The maximum absolute atomic E-state index is 14.6. The lowest BCUT2D eigenvalue weighted by Gasteiger charge is -2.11. The predicted octanol–water partition coefficient (Wildman–Crippen LogP) is 7.53. The molecule has 1 aliphatic heterocycles. The normalized spacial score (nSPS) is 23.1. The van der Waals surface area contributed by atoms with Crippen molar-refractivity contribution in [3.05, 3.63) is 87.4 Å². The number of alkyl halides is 5. The molecule has 3 aromatic carbocycles. The SMILES string of the molecule is Nc1ccc(F)c(NC2OC2c2cc(NC(=O)[C@H]3[C@H](c4ccc(F)c(C(F)(F)F)c4)C3(Cl)Cl)cc(F)c2Cl)c1F. The Morgan fingerprint density at radius 1 is 0.975 bits per heavy atom. The molecule has 2 aliphatic rings. The number of nitrogens with two attached hydrogens (primary N) is 1. The summed E-state index contributed by atoms with van der Waals surface area (Å²) < 4.78 is 99.6. The van der Waals surface area contributed by atoms with Crippen molar-refractivity contribution in [2.75, 3.05) is 16.4 Å². The first kappa shape index (κ1) is 28.6. The van der Waals surface area contributed by atoms with Gasteiger partial charge in [-0.25, -0.2) is 17.6 Å². The molecule has 1 amide bonds. The predicted molar refractivity (Wildman–Crippen MR) is 134 cm³/mol. The van der Waals surface area contributed by atoms with E-state index in [2.05, 4.69) is 10.6 Å². The van der Waals surface area contributed by atoms with Crippen molar-refractivity contribution in [3.8, 4) is 0 Å². The third kappa shape index (κ3) is 5.13. The van der Waals surface area contributed by atoms with E-state index >= 15 is 0 Å². The van der Waals surface area contributed by atoms with Crippen molar-refractivity contribution < 1.29 is 40.3 Å². The minimum absolute atomic E-state index is 0.0166. The zero-order valence-corrected chi connectivity index (χ0v) is 21.8. The maximum Gasteiger partial charge on any atom is 0.419 e. The third-order valence-electron chi connectivity index (χ3n) is 6.52. The van der Waals surface area contributed by atoms with Crippen LogP contribution in [0.5, 0.6) is 0 Å². The van der Waals surface area contributed by atoms with Crippen molar-refractivity contribution >= 4 is 57.8 Å². The maximum atomic E-state index is 14.6. The second kappa shape index (κ2) is 9.86. The van der Waals surface area contributed by atoms with Gasteiger partial charge in [0.05, 0.1) is 22.2 Å². The average molecular weight is 629 g/mol. The van der Waals surface area contributed by atoms with E-state index in [9.17, 15) is 35.5 Å². The summed E-state index contributed by atoms with van der Waals surface area (Å²) in [4.78, 5) is 13.0. The van der Waals surface area contributed by atoms with Gasteiger partial charge in [0.25, 0.3) is 0 Å². The van der Waals surface area contributed by atoms with Gasteiger partial charge in [-0.1, -0.05) is 17.7 Å². The average Bonchev–Trinajstić information content (AvgIpc) is 3.75. The van der Waals surface area contributed by atoms with Crippen LogP contribution in [0.15, 0.2) is 42.5 Å². The molecule has 5 rings (SSSR count). The smallest absolute Gasteiger partial charge is 0.396 e. The second-order valence-corrected chi connectivity index (χ2v) is 11.0. The molecule has 3 aromatic rings. The van der Waals surface area contributed by atoms with Crippen LogP contribution in [-0.2, 0) is 15.7 Å². The van der Waals surface area contributed by atoms with E-state index in [1.54, 1.807) is 0 Å². The van der Waals surface area contributed by atoms with Crippen molar-refractivity contribution in [1.29, 1.82) is 0 Å². The zero-order chi connectivity index (χ0) is 29.3. The Morgan fingerprint density at radius 3 is 2.33 bits per heavy atom. The van der Waals surface area contributed by atoms with E-state index in [1.807, 2.05) is 0 Å². The quantitative estimate of drug-likeness (QED) is 0.114. The standard InChI is InChI=1S/C25H15Cl3F7N3O2/c26-18-10(21-23(40-21)38-20-13(30)3-4-15(36)19(20)32)6-9(7-14(18)31)37-22(39)17-16(24(17,27)28)8-1-2-12(29)11(5-8)25(33,34)35/h1-7,16-17,21,23,38H,36H2,(H,37,39)/t16-,17+,21?,23?/m0/s1. The fourth-order valence-corrected chi connectivity index (χ4v) is 5.48. The number of halogens is 10. The van der Waals surface area contributed by atoms with Crippen molar-refractivity contribution in [2.24, 2.45) is 5.92 Å². The minimum Gasteiger partial charge on any atom is -0.396 e. The van der Waals surface area contributed by atoms with E-state index in [4.69, 9.17) is 45.3 Å². The van der Waals surface area contributed by atoms with Crippen LogP contribution < -0.4 is 16.4 Å². The molecule has 4 atom stereocenters. The Kier molecular flexibility index (Phi) is 7.05. The van der Waals surface area contributed by atoms with Crippen LogP contribution in [0.2, 0.25) is 5.02 Å². The first-order valence-electron chi connectivity index (χ1n) is 11.3. The highest BCUT2D eigenvalue weighted by atomic mass is 35.5. The molecule has 1 saturated heterocycles. The van der Waals surface area contributed by atoms with Gasteiger partial charge in [0.1, 0.15) is 33.6 Å². The van der Waals surface area contributed by atoms with Crippen molar-refractivity contribution in [2.45, 2.75) is 28.8 Å². The van der Waals surface area contributed by atoms with Gasteiger partial charge in [0, 0.05) is 17.2 Å². The largest absolute Gasteiger partial charge is 0.419 e. The van der Waals surface area contributed by atoms with E-state index in [0.29, 0.717) is 12.1 Å². The molecule has 1 aliphatic carbocycles. The number of ether oxygens (including phenoxy) is 1. The molecule has 1 heterocycles. The fraction of sp³-hybridized carbons (Fsp3) is 0.240. The van der Waals surface area contributed by atoms with E-state index in [-0.39, 0.29) is 27.5 Å². The lowest BCUT2D eigenvalue weighted by Crippen LogP contribution is -2.17. The number of nitrogen functional groups attached to an aromatic ring is 1. The van der Waals surface area contributed by atoms with Crippen molar-refractivity contribution in [1.82, 2.24) is 0 Å². The zero-order valence-electron chi connectivity index (χ0n) is 19.5. The molecule has 0 radical (unpaired) electrons. The van der Waals surface area contributed by atoms with Crippen LogP contribution in [0.4, 0.5) is 47.8 Å². The van der Waals surface area contributed by atoms with Gasteiger partial charge in [-0.3, -0.25) is 4.79 Å². The summed E-state index contributed by atoms with van der Waals surface area (Å²) in [5.74, 6) is -7.76. The molecule has 2 fully saturated rings. The number of benzene rings is 3. The Bertz CT molecular complexity index is 1540. The van der Waals surface area contributed by atoms with Crippen LogP contribution in [0.1, 0.15) is 28.7 Å². The Labute approximate surface area is 236 Å². The highest BCUT2D eigenvalue weighted by Gasteiger charge is 2.67. The summed E-state index contributed by atoms with van der Waals surface area (Å²) >= 11 is 18.4. The molecule has 15 heteroatoms. The summed E-state index contributed by atoms with van der Waals surface area (Å²) in [6.07, 6.45) is -7.00. The lowest BCUT2D eigenvalue weighted by molar-refractivity contribution is -0.140. The van der Waals surface area contributed by atoms with Crippen LogP contribution in [0, 0.1) is 29.2 Å². The van der Waals surface area contributed by atoms with Gasteiger partial charge >= 0.3 is 6.18 Å². The molecular formula is C25H15Cl3F7N3O2. The van der Waals surface area contributed by atoms with Crippen LogP contribution in [0.25, 0.3) is 0 Å². The van der Waals surface area contributed by atoms with Gasteiger partial charge in [-0.15, -0.1) is 23.2 Å². The van der Waals surface area contributed by atoms with Crippen LogP contribution in [-0.4, -0.2) is 16.5 Å². The molecule has 40 heavy (non-hydrogen) atoms. The highest BCUT2D eigenvalue weighted by Crippen LogP contribution is 2.65. The number of carbonyl (C=O) groups excluding carboxylic acids is 1. The van der Waals surface area contributed by atoms with Crippen molar-refractivity contribution in [3.63, 3.8) is 0 Å². The minimum atomic E-state index is -4.99.